The van der Waals surface area contributed by atoms with Gasteiger partial charge in [0, 0.05) is 42.0 Å². The number of rotatable bonds is 3. The van der Waals surface area contributed by atoms with E-state index in [1.807, 2.05) is 18.7 Å². The van der Waals surface area contributed by atoms with Crippen LogP contribution in [0.5, 0.6) is 0 Å². The van der Waals surface area contributed by atoms with E-state index in [9.17, 15) is 22.8 Å². The van der Waals surface area contributed by atoms with Crippen molar-refractivity contribution in [1.29, 1.82) is 0 Å². The zero-order valence-electron chi connectivity index (χ0n) is 19.2. The van der Waals surface area contributed by atoms with Crippen molar-refractivity contribution in [2.45, 2.75) is 68.7 Å². The van der Waals surface area contributed by atoms with Crippen LogP contribution in [0.4, 0.5) is 19.0 Å². The second-order valence-corrected chi connectivity index (χ2v) is 10.6. The van der Waals surface area contributed by atoms with Gasteiger partial charge in [-0.15, -0.1) is 11.8 Å². The van der Waals surface area contributed by atoms with Crippen LogP contribution in [0.25, 0.3) is 10.9 Å². The maximum atomic E-state index is 14.3. The lowest BCUT2D eigenvalue weighted by Crippen LogP contribution is -2.58. The fourth-order valence-corrected chi connectivity index (χ4v) is 6.71. The predicted octanol–water partition coefficient (Wildman–Crippen LogP) is 4.40. The van der Waals surface area contributed by atoms with Crippen LogP contribution in [-0.4, -0.2) is 51.3 Å². The predicted molar refractivity (Wildman–Crippen MR) is 127 cm³/mol. The number of carbonyl (C=O) groups excluding carboxylic acids is 1. The molecule has 2 atom stereocenters. The number of halogens is 3. The highest BCUT2D eigenvalue weighted by Gasteiger charge is 2.42. The van der Waals surface area contributed by atoms with E-state index in [0.29, 0.717) is 53.2 Å². The van der Waals surface area contributed by atoms with Crippen molar-refractivity contribution in [3.63, 3.8) is 0 Å². The summed E-state index contributed by atoms with van der Waals surface area (Å²) in [5.41, 5.74) is -0.114. The van der Waals surface area contributed by atoms with Gasteiger partial charge in [-0.3, -0.25) is 9.36 Å². The number of anilines is 1. The summed E-state index contributed by atoms with van der Waals surface area (Å²) in [5, 5.41) is 0.364. The third kappa shape index (κ3) is 3.79. The summed E-state index contributed by atoms with van der Waals surface area (Å²) < 4.78 is 44.4. The molecule has 3 aliphatic rings. The summed E-state index contributed by atoms with van der Waals surface area (Å²) in [6.07, 6.45) is -1.07. The van der Waals surface area contributed by atoms with Crippen LogP contribution in [0.3, 0.4) is 0 Å². The molecule has 2 aliphatic heterocycles. The molecule has 5 rings (SSSR count). The van der Waals surface area contributed by atoms with Crippen LogP contribution in [0.1, 0.15) is 50.2 Å². The number of aryl methyl sites for hydroxylation is 1. The van der Waals surface area contributed by atoms with Gasteiger partial charge in [-0.25, -0.2) is 4.79 Å². The van der Waals surface area contributed by atoms with Gasteiger partial charge in [-0.05, 0) is 62.5 Å². The number of carbonyl (C=O) groups is 1. The summed E-state index contributed by atoms with van der Waals surface area (Å²) in [4.78, 5) is 34.0. The van der Waals surface area contributed by atoms with E-state index in [4.69, 9.17) is 0 Å². The number of hydrogen-bond donors (Lipinski definition) is 0. The lowest BCUT2D eigenvalue weighted by molar-refractivity contribution is -0.138. The molecule has 1 saturated heterocycles. The number of nitrogens with zero attached hydrogens (tertiary/aromatic N) is 4. The molecule has 6 nitrogen and oxygen atoms in total. The number of piperazine rings is 1. The first-order chi connectivity index (χ1) is 16.1. The third-order valence-electron chi connectivity index (χ3n) is 6.95. The Hall–Kier alpha value is -2.49. The first-order valence-electron chi connectivity index (χ1n) is 11.6. The molecule has 1 amide bonds. The van der Waals surface area contributed by atoms with Gasteiger partial charge in [-0.2, -0.15) is 18.2 Å². The van der Waals surface area contributed by atoms with Gasteiger partial charge in [0.1, 0.15) is 5.82 Å². The van der Waals surface area contributed by atoms with Crippen LogP contribution in [0, 0.1) is 0 Å². The van der Waals surface area contributed by atoms with E-state index < -0.39 is 17.4 Å². The minimum absolute atomic E-state index is 0.115. The Labute approximate surface area is 199 Å². The molecule has 0 radical (unpaired) electrons. The van der Waals surface area contributed by atoms with E-state index in [1.165, 1.54) is 23.9 Å². The molecule has 1 aromatic carbocycles. The van der Waals surface area contributed by atoms with E-state index in [-0.39, 0.29) is 29.7 Å². The first-order valence-corrected chi connectivity index (χ1v) is 12.6. The van der Waals surface area contributed by atoms with Crippen LogP contribution in [0.15, 0.2) is 28.4 Å². The Kier molecular flexibility index (Phi) is 5.69. The zero-order chi connectivity index (χ0) is 24.4. The average Bonchev–Trinajstić information content (AvgIpc) is 3.61. The largest absolute Gasteiger partial charge is 0.416 e. The van der Waals surface area contributed by atoms with Crippen LogP contribution in [0.2, 0.25) is 0 Å². The third-order valence-corrected chi connectivity index (χ3v) is 8.14. The van der Waals surface area contributed by atoms with Crippen LogP contribution < -0.4 is 10.6 Å². The summed E-state index contributed by atoms with van der Waals surface area (Å²) in [5.74, 6) is 0.627. The second kappa shape index (κ2) is 8.32. The minimum Gasteiger partial charge on any atom is -0.352 e. The second-order valence-electron chi connectivity index (χ2n) is 9.46. The molecule has 0 bridgehead atoms. The standard InChI is InChI=1S/C24H27F3N4O2S/c1-4-18(32)31-13(2)11-29(12-14(31)3)22-16-10-17(24(25,26)27)19(15-6-7-15)21-20(16)30(23(33)28-22)8-5-9-34-21/h4,10,13-15H,1,5-9,11-12H2,2-3H3. The summed E-state index contributed by atoms with van der Waals surface area (Å²) in [7, 11) is 0. The van der Waals surface area contributed by atoms with Crippen molar-refractivity contribution < 1.29 is 18.0 Å². The highest BCUT2D eigenvalue weighted by molar-refractivity contribution is 7.99. The van der Waals surface area contributed by atoms with E-state index in [1.54, 1.807) is 9.47 Å². The van der Waals surface area contributed by atoms with Crippen molar-refractivity contribution in [2.24, 2.45) is 0 Å². The monoisotopic (exact) mass is 492 g/mol. The van der Waals surface area contributed by atoms with Crippen molar-refractivity contribution in [3.05, 3.63) is 40.3 Å². The van der Waals surface area contributed by atoms with E-state index in [2.05, 4.69) is 11.6 Å². The van der Waals surface area contributed by atoms with Gasteiger partial charge >= 0.3 is 11.9 Å². The number of amides is 1. The highest BCUT2D eigenvalue weighted by atomic mass is 32.2. The Morgan fingerprint density at radius 1 is 1.24 bits per heavy atom. The number of hydrogen-bond acceptors (Lipinski definition) is 5. The lowest BCUT2D eigenvalue weighted by atomic mass is 9.98. The van der Waals surface area contributed by atoms with Gasteiger partial charge in [0.25, 0.3) is 0 Å². The van der Waals surface area contributed by atoms with Gasteiger partial charge in [0.15, 0.2) is 0 Å². The van der Waals surface area contributed by atoms with Crippen molar-refractivity contribution >= 4 is 34.4 Å². The Bertz CT molecular complexity index is 1230. The van der Waals surface area contributed by atoms with Gasteiger partial charge < -0.3 is 9.80 Å². The maximum Gasteiger partial charge on any atom is 0.416 e. The van der Waals surface area contributed by atoms with Crippen molar-refractivity contribution in [2.75, 3.05) is 23.7 Å². The fraction of sp³-hybridized carbons (Fsp3) is 0.542. The molecule has 10 heteroatoms. The van der Waals surface area contributed by atoms with E-state index >= 15 is 0 Å². The van der Waals surface area contributed by atoms with E-state index in [0.717, 1.165) is 12.8 Å². The van der Waals surface area contributed by atoms with Gasteiger partial charge in [0.2, 0.25) is 5.91 Å². The minimum atomic E-state index is -4.50. The first kappa shape index (κ1) is 23.3. The zero-order valence-corrected chi connectivity index (χ0v) is 20.0. The normalized spacial score (nSPS) is 23.2. The molecule has 0 spiro atoms. The van der Waals surface area contributed by atoms with Crippen molar-refractivity contribution in [3.8, 4) is 0 Å². The fourth-order valence-electron chi connectivity index (χ4n) is 5.45. The molecule has 2 fully saturated rings. The quantitative estimate of drug-likeness (QED) is 0.595. The molecule has 1 aliphatic carbocycles. The number of thioether (sulfide) groups is 1. The van der Waals surface area contributed by atoms with Gasteiger partial charge in [-0.1, -0.05) is 6.58 Å². The lowest BCUT2D eigenvalue weighted by Gasteiger charge is -2.44. The van der Waals surface area contributed by atoms with Crippen LogP contribution >= 0.6 is 11.8 Å². The summed E-state index contributed by atoms with van der Waals surface area (Å²) in [6, 6.07) is 0.782. The average molecular weight is 493 g/mol. The molecule has 3 heterocycles. The van der Waals surface area contributed by atoms with Crippen molar-refractivity contribution in [1.82, 2.24) is 14.5 Å². The molecular weight excluding hydrogens is 465 g/mol. The molecule has 34 heavy (non-hydrogen) atoms. The number of alkyl halides is 3. The molecule has 2 aromatic rings. The molecule has 1 saturated carbocycles. The Morgan fingerprint density at radius 3 is 2.50 bits per heavy atom. The molecule has 182 valence electrons. The Morgan fingerprint density at radius 2 is 1.91 bits per heavy atom. The summed E-state index contributed by atoms with van der Waals surface area (Å²) >= 11 is 1.43. The molecule has 2 unspecified atom stereocenters. The SMILES string of the molecule is C=CC(=O)N1C(C)CN(c2nc(=O)n3c4c(c(C5CC5)c(C(F)(F)F)cc24)SCCC3)CC1C. The topological polar surface area (TPSA) is 58.4 Å². The van der Waals surface area contributed by atoms with Gasteiger partial charge in [0.05, 0.1) is 11.1 Å². The summed E-state index contributed by atoms with van der Waals surface area (Å²) in [6.45, 7) is 8.50. The molecule has 1 aromatic heterocycles. The van der Waals surface area contributed by atoms with Crippen LogP contribution in [-0.2, 0) is 17.5 Å². The number of benzene rings is 1. The smallest absolute Gasteiger partial charge is 0.352 e. The molecule has 0 N–H and O–H groups in total. The Balaban J connectivity index is 1.74. The number of aromatic nitrogens is 2. The molecular formula is C24H27F3N4O2S. The highest BCUT2D eigenvalue weighted by Crippen LogP contribution is 2.52. The maximum absolute atomic E-state index is 14.3.